The molecule has 0 saturated heterocycles. The van der Waals surface area contributed by atoms with Gasteiger partial charge in [0.1, 0.15) is 10.2 Å². The van der Waals surface area contributed by atoms with Crippen LogP contribution >= 0.6 is 12.2 Å². The van der Waals surface area contributed by atoms with Crippen LogP contribution in [0.25, 0.3) is 0 Å². The van der Waals surface area contributed by atoms with Crippen LogP contribution in [0.2, 0.25) is 0 Å². The number of nitrogens with one attached hydrogen (secondary N) is 1. The summed E-state index contributed by atoms with van der Waals surface area (Å²) in [6.45, 7) is 12.9. The minimum Gasteiger partial charge on any atom is -0.380 e. The van der Waals surface area contributed by atoms with Gasteiger partial charge < -0.3 is 10.2 Å². The Labute approximate surface area is 116 Å². The fraction of sp³-hybridized carbons (Fsp3) is 0.714. The zero-order valence-corrected chi connectivity index (χ0v) is 13.1. The molecule has 18 heavy (non-hydrogen) atoms. The first-order valence-corrected chi connectivity index (χ1v) is 7.40. The van der Waals surface area contributed by atoms with E-state index in [0.717, 1.165) is 43.9 Å². The summed E-state index contributed by atoms with van der Waals surface area (Å²) < 4.78 is 0.489. The molecule has 0 aliphatic heterocycles. The lowest BCUT2D eigenvalue weighted by Gasteiger charge is -2.26. The van der Waals surface area contributed by atoms with Gasteiger partial charge in [0.05, 0.1) is 5.69 Å². The van der Waals surface area contributed by atoms with Crippen molar-refractivity contribution in [1.29, 1.82) is 0 Å². The van der Waals surface area contributed by atoms with Gasteiger partial charge in [-0.05, 0) is 20.3 Å². The molecule has 0 fully saturated rings. The Morgan fingerprint density at radius 3 is 2.17 bits per heavy atom. The third-order valence-corrected chi connectivity index (χ3v) is 3.18. The van der Waals surface area contributed by atoms with E-state index in [4.69, 9.17) is 12.2 Å². The van der Waals surface area contributed by atoms with Crippen molar-refractivity contribution in [3.05, 3.63) is 14.7 Å². The predicted octanol–water partition coefficient (Wildman–Crippen LogP) is 3.74. The van der Waals surface area contributed by atoms with Gasteiger partial charge in [-0.25, -0.2) is 0 Å². The fourth-order valence-electron chi connectivity index (χ4n) is 1.78. The molecule has 1 rings (SSSR count). The molecule has 0 saturated carbocycles. The van der Waals surface area contributed by atoms with Crippen LogP contribution in [0.4, 0.5) is 11.4 Å². The van der Waals surface area contributed by atoms with Crippen molar-refractivity contribution >= 4 is 23.6 Å². The molecule has 1 N–H and O–H groups in total. The lowest BCUT2D eigenvalue weighted by molar-refractivity contribution is 0.825. The molecule has 104 valence electrons. The summed E-state index contributed by atoms with van der Waals surface area (Å²) in [6.07, 6.45) is 2.20. The molecule has 0 amide bonds. The van der Waals surface area contributed by atoms with Crippen LogP contribution in [0.3, 0.4) is 0 Å². The Kier molecular flexibility index (Phi) is 8.63. The van der Waals surface area contributed by atoms with Gasteiger partial charge >= 0.3 is 0 Å². The number of hydrogen-bond donors (Lipinski definition) is 1. The summed E-state index contributed by atoms with van der Waals surface area (Å²) in [5.74, 6) is 0. The molecule has 1 aromatic carbocycles. The van der Waals surface area contributed by atoms with Crippen molar-refractivity contribution in [3.8, 4) is 0 Å². The van der Waals surface area contributed by atoms with Crippen LogP contribution in [0, 0.1) is 4.51 Å². The number of unbranched alkanes of at least 4 members (excludes halogenated alkanes) is 1. The standard InChI is InChI=1S/C12H20N2OS.C2H6/c1-4-7-8-13-9-10(12(16)11(9)15)14(5-2)6-3;1-2/h13H,4-8H2,1-3H3;1-2H3. The number of rotatable bonds is 7. The second-order valence-electron chi connectivity index (χ2n) is 3.83. The maximum Gasteiger partial charge on any atom is 0.223 e. The van der Waals surface area contributed by atoms with Crippen LogP contribution in [0.15, 0.2) is 4.79 Å². The molecule has 3 nitrogen and oxygen atoms in total. The van der Waals surface area contributed by atoms with E-state index in [2.05, 4.69) is 31.0 Å². The van der Waals surface area contributed by atoms with Gasteiger partial charge in [0.2, 0.25) is 5.43 Å². The highest BCUT2D eigenvalue weighted by molar-refractivity contribution is 7.71. The summed E-state index contributed by atoms with van der Waals surface area (Å²) in [7, 11) is 0. The zero-order valence-electron chi connectivity index (χ0n) is 12.3. The summed E-state index contributed by atoms with van der Waals surface area (Å²) in [4.78, 5) is 13.8. The van der Waals surface area contributed by atoms with Crippen molar-refractivity contribution in [2.45, 2.75) is 47.5 Å². The Morgan fingerprint density at radius 1 is 1.17 bits per heavy atom. The Balaban J connectivity index is 0.00000137. The minimum absolute atomic E-state index is 0.00741. The Hall–Kier alpha value is -0.900. The van der Waals surface area contributed by atoms with Crippen molar-refractivity contribution in [2.75, 3.05) is 29.9 Å². The summed E-state index contributed by atoms with van der Waals surface area (Å²) in [6, 6.07) is 0. The van der Waals surface area contributed by atoms with Gasteiger partial charge in [-0.2, -0.15) is 0 Å². The topological polar surface area (TPSA) is 32.3 Å². The van der Waals surface area contributed by atoms with Gasteiger partial charge in [-0.3, -0.25) is 4.79 Å². The van der Waals surface area contributed by atoms with Gasteiger partial charge in [-0.1, -0.05) is 39.4 Å². The first-order valence-electron chi connectivity index (χ1n) is 6.99. The van der Waals surface area contributed by atoms with E-state index in [-0.39, 0.29) is 5.43 Å². The second kappa shape index (κ2) is 9.09. The molecule has 0 heterocycles. The van der Waals surface area contributed by atoms with Crippen LogP contribution < -0.4 is 15.6 Å². The lowest BCUT2D eigenvalue weighted by Crippen LogP contribution is -2.31. The van der Waals surface area contributed by atoms with Gasteiger partial charge in [0.25, 0.3) is 0 Å². The third-order valence-electron chi connectivity index (χ3n) is 2.80. The monoisotopic (exact) mass is 270 g/mol. The summed E-state index contributed by atoms with van der Waals surface area (Å²) in [5.41, 5.74) is 1.68. The summed E-state index contributed by atoms with van der Waals surface area (Å²) >= 11 is 5.10. The highest BCUT2D eigenvalue weighted by Crippen LogP contribution is 2.27. The van der Waals surface area contributed by atoms with Gasteiger partial charge in [0.15, 0.2) is 0 Å². The van der Waals surface area contributed by atoms with E-state index < -0.39 is 0 Å². The molecule has 1 aromatic rings. The molecule has 0 radical (unpaired) electrons. The van der Waals surface area contributed by atoms with Crippen molar-refractivity contribution in [1.82, 2.24) is 0 Å². The van der Waals surface area contributed by atoms with E-state index >= 15 is 0 Å². The molecule has 0 aromatic heterocycles. The van der Waals surface area contributed by atoms with Gasteiger partial charge in [-0.15, -0.1) is 0 Å². The largest absolute Gasteiger partial charge is 0.380 e. The van der Waals surface area contributed by atoms with E-state index in [1.807, 2.05) is 13.8 Å². The first kappa shape index (κ1) is 17.1. The minimum atomic E-state index is 0.00741. The first-order chi connectivity index (χ1) is 8.67. The van der Waals surface area contributed by atoms with E-state index in [9.17, 15) is 4.79 Å². The molecule has 0 aliphatic carbocycles. The smallest absolute Gasteiger partial charge is 0.223 e. The van der Waals surface area contributed by atoms with Gasteiger partial charge in [0, 0.05) is 19.6 Å². The molecular formula is C14H26N2OS. The average Bonchev–Trinajstić information content (AvgIpc) is 2.43. The SMILES string of the molecule is CC.CCCCNc1c(N(CC)CC)c(=S)c1=O. The second-order valence-corrected chi connectivity index (χ2v) is 4.24. The van der Waals surface area contributed by atoms with Crippen molar-refractivity contribution < 1.29 is 0 Å². The predicted molar refractivity (Wildman–Crippen MR) is 84.2 cm³/mol. The number of anilines is 2. The lowest BCUT2D eigenvalue weighted by atomic mass is 10.1. The Bertz CT molecular complexity index is 404. The average molecular weight is 270 g/mol. The zero-order chi connectivity index (χ0) is 14.1. The maximum atomic E-state index is 11.6. The van der Waals surface area contributed by atoms with E-state index in [1.54, 1.807) is 0 Å². The molecule has 0 bridgehead atoms. The fourth-order valence-corrected chi connectivity index (χ4v) is 2.11. The Morgan fingerprint density at radius 2 is 1.72 bits per heavy atom. The highest BCUT2D eigenvalue weighted by Gasteiger charge is 2.20. The molecule has 0 unspecified atom stereocenters. The molecular weight excluding hydrogens is 244 g/mol. The van der Waals surface area contributed by atoms with Crippen LogP contribution in [0.1, 0.15) is 47.5 Å². The maximum absolute atomic E-state index is 11.6. The van der Waals surface area contributed by atoms with Crippen LogP contribution in [-0.2, 0) is 0 Å². The number of nitrogens with zero attached hydrogens (tertiary/aromatic N) is 1. The quantitative estimate of drug-likeness (QED) is 0.604. The normalized spacial score (nSPS) is 9.83. The highest BCUT2D eigenvalue weighted by atomic mass is 32.1. The molecule has 0 spiro atoms. The number of hydrogen-bond acceptors (Lipinski definition) is 4. The molecule has 0 atom stereocenters. The van der Waals surface area contributed by atoms with Crippen molar-refractivity contribution in [3.63, 3.8) is 0 Å². The van der Waals surface area contributed by atoms with E-state index in [0.29, 0.717) is 4.51 Å². The van der Waals surface area contributed by atoms with E-state index in [1.165, 1.54) is 0 Å². The van der Waals surface area contributed by atoms with Crippen molar-refractivity contribution in [2.24, 2.45) is 0 Å². The summed E-state index contributed by atoms with van der Waals surface area (Å²) in [5, 5.41) is 3.20. The third kappa shape index (κ3) is 3.80. The van der Waals surface area contributed by atoms with Crippen LogP contribution in [0.5, 0.6) is 0 Å². The molecule has 4 heteroatoms. The van der Waals surface area contributed by atoms with Crippen LogP contribution in [-0.4, -0.2) is 19.6 Å². The molecule has 0 aliphatic rings.